The average molecular weight is 730 g/mol. The summed E-state index contributed by atoms with van der Waals surface area (Å²) in [6, 6.07) is 0. The van der Waals surface area contributed by atoms with E-state index in [1.807, 2.05) is 0 Å². The smallest absolute Gasteiger partial charge is 0.385 e. The van der Waals surface area contributed by atoms with E-state index in [1.54, 1.807) is 0 Å². The van der Waals surface area contributed by atoms with Gasteiger partial charge in [0.1, 0.15) is 0 Å². The number of hydrogen-bond donors (Lipinski definition) is 1. The van der Waals surface area contributed by atoms with Crippen LogP contribution < -0.4 is 0 Å². The monoisotopic (exact) mass is 730 g/mol. The first kappa shape index (κ1) is 43.3. The molecule has 0 radical (unpaired) electrons. The van der Waals surface area contributed by atoms with Crippen LogP contribution in [0.2, 0.25) is 0 Å². The minimum absolute atomic E-state index is 0.211. The maximum absolute atomic E-state index is 13.9. The van der Waals surface area contributed by atoms with Crippen molar-refractivity contribution in [1.82, 2.24) is 0 Å². The first-order valence-electron chi connectivity index (χ1n) is 11.5. The standard InChI is InChI=1S/C20H18F24O/c1-2-3-4-6-9(21,22)11(25,26)13(29,30)15(33,34)17(37,38)19(41,42)20(43,44)18(39,40)16(35,36)14(31,32)12(27,28)10(23,24)7-5-8-45/h45H,2-8H2,1H3. The molecular weight excluding hydrogens is 712 g/mol. The third kappa shape index (κ3) is 5.85. The van der Waals surface area contributed by atoms with Crippen molar-refractivity contribution >= 4 is 0 Å². The van der Waals surface area contributed by atoms with E-state index >= 15 is 0 Å². The van der Waals surface area contributed by atoms with Crippen LogP contribution >= 0.6 is 0 Å². The molecule has 0 unspecified atom stereocenters. The van der Waals surface area contributed by atoms with Crippen LogP contribution in [0.5, 0.6) is 0 Å². The molecule has 0 aliphatic heterocycles. The molecule has 0 rings (SSSR count). The Morgan fingerprint density at radius 2 is 0.511 bits per heavy atom. The highest BCUT2D eigenvalue weighted by Crippen LogP contribution is 2.68. The summed E-state index contributed by atoms with van der Waals surface area (Å²) in [6.07, 6.45) is -9.41. The fraction of sp³-hybridized carbons (Fsp3) is 1.00. The molecule has 0 aromatic carbocycles. The Labute approximate surface area is 234 Å². The van der Waals surface area contributed by atoms with Gasteiger partial charge in [-0.25, -0.2) is 0 Å². The van der Waals surface area contributed by atoms with E-state index in [1.165, 1.54) is 0 Å². The van der Waals surface area contributed by atoms with Crippen molar-refractivity contribution < 1.29 is 110 Å². The Morgan fingerprint density at radius 1 is 0.311 bits per heavy atom. The molecule has 0 saturated carbocycles. The van der Waals surface area contributed by atoms with Crippen LogP contribution in [-0.4, -0.2) is 82.8 Å². The second-order valence-electron chi connectivity index (χ2n) is 9.44. The van der Waals surface area contributed by atoms with Crippen molar-refractivity contribution in [2.45, 2.75) is 117 Å². The van der Waals surface area contributed by atoms with E-state index in [0.717, 1.165) is 6.92 Å². The van der Waals surface area contributed by atoms with Crippen LogP contribution in [0.25, 0.3) is 0 Å². The maximum Gasteiger partial charge on any atom is 0.385 e. The molecule has 0 fully saturated rings. The van der Waals surface area contributed by atoms with Gasteiger partial charge in [0.2, 0.25) is 0 Å². The molecule has 0 amide bonds. The van der Waals surface area contributed by atoms with Gasteiger partial charge in [-0.15, -0.1) is 0 Å². The van der Waals surface area contributed by atoms with Crippen LogP contribution in [-0.2, 0) is 0 Å². The third-order valence-corrected chi connectivity index (χ3v) is 6.21. The maximum atomic E-state index is 13.9. The van der Waals surface area contributed by atoms with E-state index in [0.29, 0.717) is 0 Å². The van der Waals surface area contributed by atoms with E-state index < -0.39 is 110 Å². The lowest BCUT2D eigenvalue weighted by molar-refractivity contribution is -0.478. The van der Waals surface area contributed by atoms with Crippen LogP contribution in [0.4, 0.5) is 105 Å². The first-order valence-corrected chi connectivity index (χ1v) is 11.5. The molecule has 0 aliphatic rings. The molecule has 0 saturated heterocycles. The van der Waals surface area contributed by atoms with E-state index in [9.17, 15) is 105 Å². The summed E-state index contributed by atoms with van der Waals surface area (Å²) < 4.78 is 330. The third-order valence-electron chi connectivity index (χ3n) is 6.21. The van der Waals surface area contributed by atoms with Crippen LogP contribution in [0.3, 0.4) is 0 Å². The predicted octanol–water partition coefficient (Wildman–Crippen LogP) is 9.96. The molecule has 0 aromatic heterocycles. The molecule has 0 bridgehead atoms. The van der Waals surface area contributed by atoms with Gasteiger partial charge in [0, 0.05) is 19.4 Å². The van der Waals surface area contributed by atoms with Gasteiger partial charge < -0.3 is 5.11 Å². The number of aliphatic hydroxyl groups is 1. The van der Waals surface area contributed by atoms with Gasteiger partial charge in [0.25, 0.3) is 0 Å². The normalized spacial score (nSPS) is 16.4. The molecule has 0 heterocycles. The van der Waals surface area contributed by atoms with Crippen molar-refractivity contribution in [2.75, 3.05) is 6.61 Å². The number of alkyl halides is 24. The minimum Gasteiger partial charge on any atom is -0.396 e. The zero-order chi connectivity index (χ0) is 36.9. The topological polar surface area (TPSA) is 20.2 Å². The highest BCUT2D eigenvalue weighted by molar-refractivity contribution is 5.20. The second kappa shape index (κ2) is 12.1. The van der Waals surface area contributed by atoms with Gasteiger partial charge in [-0.05, 0) is 12.8 Å². The van der Waals surface area contributed by atoms with E-state index in [-0.39, 0.29) is 6.42 Å². The molecule has 45 heavy (non-hydrogen) atoms. The lowest BCUT2D eigenvalue weighted by atomic mass is 9.83. The number of unbranched alkanes of at least 4 members (excludes halogenated alkanes) is 2. The molecule has 272 valence electrons. The molecule has 0 aliphatic carbocycles. The lowest BCUT2D eigenvalue weighted by Crippen LogP contribution is -2.78. The zero-order valence-electron chi connectivity index (χ0n) is 21.5. The summed E-state index contributed by atoms with van der Waals surface area (Å²) in [5.41, 5.74) is 0. The quantitative estimate of drug-likeness (QED) is 0.110. The van der Waals surface area contributed by atoms with Gasteiger partial charge in [-0.2, -0.15) is 105 Å². The van der Waals surface area contributed by atoms with E-state index in [4.69, 9.17) is 5.11 Å². The van der Waals surface area contributed by atoms with Crippen LogP contribution in [0.1, 0.15) is 45.4 Å². The van der Waals surface area contributed by atoms with Gasteiger partial charge in [0.05, 0.1) is 0 Å². The van der Waals surface area contributed by atoms with Crippen molar-refractivity contribution in [2.24, 2.45) is 0 Å². The van der Waals surface area contributed by atoms with E-state index in [2.05, 4.69) is 0 Å². The Morgan fingerprint density at radius 3 is 0.711 bits per heavy atom. The number of halogens is 24. The first-order chi connectivity index (χ1) is 19.4. The number of hydrogen-bond acceptors (Lipinski definition) is 1. The molecule has 0 spiro atoms. The molecular formula is C20H18F24O. The Bertz CT molecular complexity index is 999. The fourth-order valence-electron chi connectivity index (χ4n) is 3.25. The van der Waals surface area contributed by atoms with Crippen molar-refractivity contribution in [3.63, 3.8) is 0 Å². The van der Waals surface area contributed by atoms with Gasteiger partial charge in [-0.3, -0.25) is 0 Å². The largest absolute Gasteiger partial charge is 0.396 e. The van der Waals surface area contributed by atoms with Gasteiger partial charge in [0.15, 0.2) is 0 Å². The molecule has 1 nitrogen and oxygen atoms in total. The van der Waals surface area contributed by atoms with Gasteiger partial charge in [-0.1, -0.05) is 19.8 Å². The average Bonchev–Trinajstić information content (AvgIpc) is 2.86. The highest BCUT2D eigenvalue weighted by Gasteiger charge is 2.99. The zero-order valence-corrected chi connectivity index (χ0v) is 21.5. The summed E-state index contributed by atoms with van der Waals surface area (Å²) in [7, 11) is 0. The second-order valence-corrected chi connectivity index (χ2v) is 9.44. The van der Waals surface area contributed by atoms with Crippen LogP contribution in [0.15, 0.2) is 0 Å². The Kier molecular flexibility index (Phi) is 11.6. The summed E-state index contributed by atoms with van der Waals surface area (Å²) in [5, 5.41) is 8.24. The van der Waals surface area contributed by atoms with Crippen molar-refractivity contribution in [3.05, 3.63) is 0 Å². The Hall–Kier alpha value is -1.72. The Balaban J connectivity index is 7.21. The number of rotatable bonds is 18. The predicted molar refractivity (Wildman–Crippen MR) is 99.8 cm³/mol. The molecule has 25 heteroatoms. The van der Waals surface area contributed by atoms with Crippen LogP contribution in [0, 0.1) is 0 Å². The van der Waals surface area contributed by atoms with Crippen molar-refractivity contribution in [1.29, 1.82) is 0 Å². The summed E-state index contributed by atoms with van der Waals surface area (Å²) in [6.45, 7) is -0.535. The summed E-state index contributed by atoms with van der Waals surface area (Å²) >= 11 is 0. The number of aliphatic hydroxyl groups excluding tert-OH is 1. The fourth-order valence-corrected chi connectivity index (χ4v) is 3.25. The molecule has 1 N–H and O–H groups in total. The summed E-state index contributed by atoms with van der Waals surface area (Å²) in [4.78, 5) is 0. The summed E-state index contributed by atoms with van der Waals surface area (Å²) in [5.74, 6) is -103. The SMILES string of the molecule is CCCCCC(F)(F)C(F)(F)C(F)(F)C(F)(F)C(F)(F)C(F)(F)C(F)(F)C(F)(F)C(F)(F)C(F)(F)C(F)(F)C(F)(F)CCCO. The van der Waals surface area contributed by atoms with Crippen molar-refractivity contribution in [3.8, 4) is 0 Å². The minimum atomic E-state index is -9.48. The molecule has 0 atom stereocenters. The highest BCUT2D eigenvalue weighted by atomic mass is 19.4. The lowest BCUT2D eigenvalue weighted by Gasteiger charge is -2.46. The molecule has 0 aromatic rings. The van der Waals surface area contributed by atoms with Gasteiger partial charge >= 0.3 is 71.1 Å².